The highest BCUT2D eigenvalue weighted by Crippen LogP contribution is 2.20. The Morgan fingerprint density at radius 1 is 1.37 bits per heavy atom. The van der Waals surface area contributed by atoms with E-state index in [0.29, 0.717) is 6.04 Å². The standard InChI is InChI=1S/C14H23N5/c1-11(14-12(2)17-18(4)13(14)3)16-6-5-8-19-9-7-15-10-19/h7,9-11,16H,5-6,8H2,1-4H3. The molecule has 19 heavy (non-hydrogen) atoms. The van der Waals surface area contributed by atoms with Crippen molar-refractivity contribution in [3.63, 3.8) is 0 Å². The summed E-state index contributed by atoms with van der Waals surface area (Å²) in [4.78, 5) is 4.04. The second-order valence-electron chi connectivity index (χ2n) is 5.04. The van der Waals surface area contributed by atoms with E-state index >= 15 is 0 Å². The van der Waals surface area contributed by atoms with Crippen LogP contribution in [0.3, 0.4) is 0 Å². The minimum atomic E-state index is 0.344. The minimum Gasteiger partial charge on any atom is -0.337 e. The van der Waals surface area contributed by atoms with Crippen LogP contribution in [0.4, 0.5) is 0 Å². The van der Waals surface area contributed by atoms with E-state index in [1.165, 1.54) is 11.3 Å². The van der Waals surface area contributed by atoms with Crippen molar-refractivity contribution in [1.29, 1.82) is 0 Å². The summed E-state index contributed by atoms with van der Waals surface area (Å²) in [6, 6.07) is 0.344. The molecule has 0 amide bonds. The van der Waals surface area contributed by atoms with Crippen molar-refractivity contribution >= 4 is 0 Å². The first kappa shape index (κ1) is 13.8. The monoisotopic (exact) mass is 261 g/mol. The second-order valence-corrected chi connectivity index (χ2v) is 5.04. The maximum absolute atomic E-state index is 4.46. The SMILES string of the molecule is Cc1nn(C)c(C)c1C(C)NCCCn1ccnc1. The maximum Gasteiger partial charge on any atom is 0.0945 e. The fraction of sp³-hybridized carbons (Fsp3) is 0.571. The molecule has 0 aliphatic rings. The van der Waals surface area contributed by atoms with Crippen LogP contribution in [0.2, 0.25) is 0 Å². The molecule has 104 valence electrons. The Balaban J connectivity index is 1.82. The van der Waals surface area contributed by atoms with Crippen LogP contribution in [0.25, 0.3) is 0 Å². The van der Waals surface area contributed by atoms with Crippen molar-refractivity contribution in [3.05, 3.63) is 35.7 Å². The molecular weight excluding hydrogens is 238 g/mol. The predicted molar refractivity (Wildman–Crippen MR) is 75.9 cm³/mol. The summed E-state index contributed by atoms with van der Waals surface area (Å²) >= 11 is 0. The summed E-state index contributed by atoms with van der Waals surface area (Å²) in [5.74, 6) is 0. The van der Waals surface area contributed by atoms with Gasteiger partial charge < -0.3 is 9.88 Å². The Morgan fingerprint density at radius 3 is 2.74 bits per heavy atom. The van der Waals surface area contributed by atoms with Gasteiger partial charge in [-0.2, -0.15) is 5.10 Å². The number of hydrogen-bond acceptors (Lipinski definition) is 3. The van der Waals surface area contributed by atoms with Crippen LogP contribution in [-0.2, 0) is 13.6 Å². The first-order chi connectivity index (χ1) is 9.09. The van der Waals surface area contributed by atoms with E-state index in [-0.39, 0.29) is 0 Å². The van der Waals surface area contributed by atoms with Crippen LogP contribution in [0.1, 0.15) is 36.3 Å². The lowest BCUT2D eigenvalue weighted by atomic mass is 10.1. The summed E-state index contributed by atoms with van der Waals surface area (Å²) in [7, 11) is 2.00. The molecule has 2 aromatic rings. The van der Waals surface area contributed by atoms with Gasteiger partial charge in [-0.15, -0.1) is 0 Å². The smallest absolute Gasteiger partial charge is 0.0945 e. The molecule has 0 fully saturated rings. The van der Waals surface area contributed by atoms with Gasteiger partial charge in [0, 0.05) is 43.3 Å². The van der Waals surface area contributed by atoms with Crippen LogP contribution in [0.15, 0.2) is 18.7 Å². The van der Waals surface area contributed by atoms with Gasteiger partial charge in [-0.3, -0.25) is 4.68 Å². The van der Waals surface area contributed by atoms with Gasteiger partial charge in [-0.1, -0.05) is 0 Å². The van der Waals surface area contributed by atoms with E-state index in [0.717, 1.165) is 25.2 Å². The third-order valence-corrected chi connectivity index (χ3v) is 3.60. The van der Waals surface area contributed by atoms with E-state index in [4.69, 9.17) is 0 Å². The lowest BCUT2D eigenvalue weighted by molar-refractivity contribution is 0.523. The molecule has 1 atom stereocenters. The topological polar surface area (TPSA) is 47.7 Å². The molecule has 2 heterocycles. The third kappa shape index (κ3) is 3.23. The van der Waals surface area contributed by atoms with Crippen LogP contribution in [0.5, 0.6) is 0 Å². The molecule has 2 aromatic heterocycles. The summed E-state index contributed by atoms with van der Waals surface area (Å²) in [5.41, 5.74) is 3.69. The lowest BCUT2D eigenvalue weighted by Gasteiger charge is -2.14. The Hall–Kier alpha value is -1.62. The Kier molecular flexibility index (Phi) is 4.37. The molecule has 0 aliphatic heterocycles. The normalized spacial score (nSPS) is 12.8. The van der Waals surface area contributed by atoms with Gasteiger partial charge in [0.2, 0.25) is 0 Å². The molecule has 5 nitrogen and oxygen atoms in total. The first-order valence-corrected chi connectivity index (χ1v) is 6.79. The number of aromatic nitrogens is 4. The van der Waals surface area contributed by atoms with Gasteiger partial charge in [-0.05, 0) is 33.7 Å². The molecule has 0 radical (unpaired) electrons. The lowest BCUT2D eigenvalue weighted by Crippen LogP contribution is -2.22. The number of nitrogens with one attached hydrogen (secondary N) is 1. The van der Waals surface area contributed by atoms with Gasteiger partial charge in [0.1, 0.15) is 0 Å². The Morgan fingerprint density at radius 2 is 2.16 bits per heavy atom. The third-order valence-electron chi connectivity index (χ3n) is 3.60. The zero-order valence-electron chi connectivity index (χ0n) is 12.2. The number of nitrogens with zero attached hydrogens (tertiary/aromatic N) is 4. The fourth-order valence-corrected chi connectivity index (χ4v) is 2.52. The second kappa shape index (κ2) is 6.02. The van der Waals surface area contributed by atoms with Crippen LogP contribution in [-0.4, -0.2) is 25.9 Å². The van der Waals surface area contributed by atoms with Crippen LogP contribution < -0.4 is 5.32 Å². The average Bonchev–Trinajstić information content (AvgIpc) is 2.95. The van der Waals surface area contributed by atoms with Gasteiger partial charge in [-0.25, -0.2) is 4.98 Å². The minimum absolute atomic E-state index is 0.344. The molecule has 0 aliphatic carbocycles. The van der Waals surface area contributed by atoms with Crippen molar-refractivity contribution in [1.82, 2.24) is 24.6 Å². The zero-order valence-corrected chi connectivity index (χ0v) is 12.2. The number of imidazole rings is 1. The molecule has 0 saturated heterocycles. The van der Waals surface area contributed by atoms with E-state index in [1.807, 2.05) is 30.5 Å². The van der Waals surface area contributed by atoms with Gasteiger partial charge in [0.25, 0.3) is 0 Å². The predicted octanol–water partition coefficient (Wildman–Crippen LogP) is 1.97. The molecule has 0 bridgehead atoms. The molecular formula is C14H23N5. The van der Waals surface area contributed by atoms with Crippen molar-refractivity contribution < 1.29 is 0 Å². The van der Waals surface area contributed by atoms with Crippen molar-refractivity contribution in [2.45, 2.75) is 39.8 Å². The quantitative estimate of drug-likeness (QED) is 0.809. The van der Waals surface area contributed by atoms with Crippen LogP contribution >= 0.6 is 0 Å². The summed E-state index contributed by atoms with van der Waals surface area (Å²) < 4.78 is 4.06. The highest BCUT2D eigenvalue weighted by atomic mass is 15.3. The van der Waals surface area contributed by atoms with Crippen molar-refractivity contribution in [2.24, 2.45) is 7.05 Å². The highest BCUT2D eigenvalue weighted by Gasteiger charge is 2.15. The molecule has 1 unspecified atom stereocenters. The maximum atomic E-state index is 4.46. The largest absolute Gasteiger partial charge is 0.337 e. The molecule has 0 saturated carbocycles. The fourth-order valence-electron chi connectivity index (χ4n) is 2.52. The van der Waals surface area contributed by atoms with Gasteiger partial charge in [0.15, 0.2) is 0 Å². The van der Waals surface area contributed by atoms with Crippen LogP contribution in [0, 0.1) is 13.8 Å². The molecule has 0 aromatic carbocycles. The summed E-state index contributed by atoms with van der Waals surface area (Å²) in [6.07, 6.45) is 6.77. The van der Waals surface area contributed by atoms with E-state index < -0.39 is 0 Å². The highest BCUT2D eigenvalue weighted by molar-refractivity contribution is 5.27. The molecule has 5 heteroatoms. The average molecular weight is 261 g/mol. The zero-order chi connectivity index (χ0) is 13.8. The van der Waals surface area contributed by atoms with E-state index in [1.54, 1.807) is 0 Å². The number of aryl methyl sites for hydroxylation is 3. The van der Waals surface area contributed by atoms with E-state index in [9.17, 15) is 0 Å². The number of rotatable bonds is 6. The van der Waals surface area contributed by atoms with Gasteiger partial charge in [0.05, 0.1) is 12.0 Å². The van der Waals surface area contributed by atoms with Crippen molar-refractivity contribution in [3.8, 4) is 0 Å². The molecule has 1 N–H and O–H groups in total. The van der Waals surface area contributed by atoms with Gasteiger partial charge >= 0.3 is 0 Å². The van der Waals surface area contributed by atoms with Crippen molar-refractivity contribution in [2.75, 3.05) is 6.54 Å². The number of hydrogen-bond donors (Lipinski definition) is 1. The van der Waals surface area contributed by atoms with E-state index in [2.05, 4.69) is 40.7 Å². The first-order valence-electron chi connectivity index (χ1n) is 6.79. The Bertz CT molecular complexity index is 512. The molecule has 0 spiro atoms. The molecule has 2 rings (SSSR count). The summed E-state index contributed by atoms with van der Waals surface area (Å²) in [5, 5.41) is 8.03. The Labute approximate surface area is 114 Å². The summed E-state index contributed by atoms with van der Waals surface area (Å²) in [6.45, 7) is 8.40.